The van der Waals surface area contributed by atoms with Crippen LogP contribution in [0.2, 0.25) is 0 Å². The Morgan fingerprint density at radius 1 is 1.47 bits per heavy atom. The number of aromatic nitrogens is 2. The maximum Gasteiger partial charge on any atom is 0.0777 e. The molecular weight excluding hydrogens is 188 g/mol. The molecule has 1 saturated heterocycles. The first-order valence-electron chi connectivity index (χ1n) is 5.63. The van der Waals surface area contributed by atoms with Crippen molar-refractivity contribution < 1.29 is 4.74 Å². The van der Waals surface area contributed by atoms with E-state index in [0.717, 1.165) is 19.6 Å². The van der Waals surface area contributed by atoms with Crippen molar-refractivity contribution in [2.45, 2.75) is 45.6 Å². The second-order valence-corrected chi connectivity index (χ2v) is 5.38. The van der Waals surface area contributed by atoms with E-state index in [1.807, 2.05) is 0 Å². The van der Waals surface area contributed by atoms with E-state index in [1.54, 1.807) is 0 Å². The van der Waals surface area contributed by atoms with Gasteiger partial charge in [0.1, 0.15) is 0 Å². The van der Waals surface area contributed by atoms with E-state index in [2.05, 4.69) is 38.4 Å². The van der Waals surface area contributed by atoms with Crippen LogP contribution in [0.3, 0.4) is 0 Å². The van der Waals surface area contributed by atoms with Crippen molar-refractivity contribution in [2.24, 2.45) is 0 Å². The molecule has 1 unspecified atom stereocenters. The summed E-state index contributed by atoms with van der Waals surface area (Å²) in [6.45, 7) is 10.4. The normalized spacial score (nSPS) is 22.3. The molecule has 1 aromatic rings. The monoisotopic (exact) mass is 208 g/mol. The van der Waals surface area contributed by atoms with Crippen molar-refractivity contribution in [3.63, 3.8) is 0 Å². The summed E-state index contributed by atoms with van der Waals surface area (Å²) in [5, 5.41) is 4.70. The summed E-state index contributed by atoms with van der Waals surface area (Å²) in [5.74, 6) is 0. The maximum absolute atomic E-state index is 5.40. The minimum absolute atomic E-state index is 0.134. The first kappa shape index (κ1) is 10.7. The molecule has 2 heterocycles. The van der Waals surface area contributed by atoms with Gasteiger partial charge in [-0.1, -0.05) is 20.8 Å². The van der Waals surface area contributed by atoms with Crippen LogP contribution in [0.4, 0.5) is 0 Å². The number of rotatable bonds is 1. The fraction of sp³-hybridized carbons (Fsp3) is 0.750. The largest absolute Gasteiger partial charge is 0.379 e. The first-order valence-corrected chi connectivity index (χ1v) is 5.63. The number of aryl methyl sites for hydroxylation is 1. The van der Waals surface area contributed by atoms with Crippen LogP contribution in [0.1, 0.15) is 44.6 Å². The smallest absolute Gasteiger partial charge is 0.0777 e. The molecule has 1 aliphatic heterocycles. The van der Waals surface area contributed by atoms with Crippen molar-refractivity contribution in [2.75, 3.05) is 13.2 Å². The quantitative estimate of drug-likeness (QED) is 0.709. The highest BCUT2D eigenvalue weighted by Gasteiger charge is 2.24. The number of hydrogen-bond donors (Lipinski definition) is 0. The molecule has 1 aromatic heterocycles. The highest BCUT2D eigenvalue weighted by molar-refractivity contribution is 5.17. The fourth-order valence-electron chi connectivity index (χ4n) is 1.94. The lowest BCUT2D eigenvalue weighted by atomic mass is 9.92. The molecule has 84 valence electrons. The average molecular weight is 208 g/mol. The van der Waals surface area contributed by atoms with Gasteiger partial charge in [-0.3, -0.25) is 4.68 Å². The van der Waals surface area contributed by atoms with Gasteiger partial charge in [0, 0.05) is 17.7 Å². The number of ether oxygens (including phenoxy) is 1. The van der Waals surface area contributed by atoms with E-state index in [-0.39, 0.29) is 5.41 Å². The summed E-state index contributed by atoms with van der Waals surface area (Å²) >= 11 is 0. The van der Waals surface area contributed by atoms with Crippen LogP contribution in [0.15, 0.2) is 6.07 Å². The molecule has 0 spiro atoms. The second-order valence-electron chi connectivity index (χ2n) is 5.38. The third-order valence-electron chi connectivity index (χ3n) is 2.94. The summed E-state index contributed by atoms with van der Waals surface area (Å²) in [4.78, 5) is 0. The van der Waals surface area contributed by atoms with Gasteiger partial charge >= 0.3 is 0 Å². The molecule has 0 aromatic carbocycles. The number of nitrogens with zero attached hydrogens (tertiary/aromatic N) is 2. The number of hydrogen-bond acceptors (Lipinski definition) is 2. The van der Waals surface area contributed by atoms with Crippen molar-refractivity contribution in [3.05, 3.63) is 17.5 Å². The molecule has 1 aliphatic rings. The Labute approximate surface area is 91.4 Å². The Kier molecular flexibility index (Phi) is 2.59. The zero-order valence-corrected chi connectivity index (χ0v) is 10.1. The molecule has 15 heavy (non-hydrogen) atoms. The van der Waals surface area contributed by atoms with E-state index < -0.39 is 0 Å². The summed E-state index contributed by atoms with van der Waals surface area (Å²) in [6, 6.07) is 2.64. The summed E-state index contributed by atoms with van der Waals surface area (Å²) in [7, 11) is 0. The lowest BCUT2D eigenvalue weighted by Gasteiger charge is -2.15. The van der Waals surface area contributed by atoms with E-state index in [4.69, 9.17) is 9.84 Å². The molecule has 0 saturated carbocycles. The van der Waals surface area contributed by atoms with Gasteiger partial charge in [0.25, 0.3) is 0 Å². The lowest BCUT2D eigenvalue weighted by Crippen LogP contribution is -2.16. The maximum atomic E-state index is 5.40. The van der Waals surface area contributed by atoms with Gasteiger partial charge in [0.15, 0.2) is 0 Å². The van der Waals surface area contributed by atoms with Gasteiger partial charge in [-0.05, 0) is 19.4 Å². The Morgan fingerprint density at radius 3 is 2.67 bits per heavy atom. The van der Waals surface area contributed by atoms with Gasteiger partial charge in [-0.25, -0.2) is 0 Å². The van der Waals surface area contributed by atoms with E-state index in [1.165, 1.54) is 11.4 Å². The summed E-state index contributed by atoms with van der Waals surface area (Å²) < 4.78 is 7.53. The third kappa shape index (κ3) is 2.07. The van der Waals surface area contributed by atoms with Crippen molar-refractivity contribution in [1.82, 2.24) is 9.78 Å². The third-order valence-corrected chi connectivity index (χ3v) is 2.94. The average Bonchev–Trinajstić information content (AvgIpc) is 2.69. The van der Waals surface area contributed by atoms with Gasteiger partial charge in [-0.2, -0.15) is 5.10 Å². The van der Waals surface area contributed by atoms with Crippen LogP contribution in [-0.4, -0.2) is 23.0 Å². The SMILES string of the molecule is Cc1cc(C(C)(C)C)nn1C1CCOC1. The molecule has 3 nitrogen and oxygen atoms in total. The Morgan fingerprint density at radius 2 is 2.20 bits per heavy atom. The lowest BCUT2D eigenvalue weighted by molar-refractivity contribution is 0.184. The van der Waals surface area contributed by atoms with Gasteiger partial charge in [0.2, 0.25) is 0 Å². The van der Waals surface area contributed by atoms with E-state index >= 15 is 0 Å². The fourth-order valence-corrected chi connectivity index (χ4v) is 1.94. The molecule has 3 heteroatoms. The zero-order valence-electron chi connectivity index (χ0n) is 10.1. The van der Waals surface area contributed by atoms with Crippen LogP contribution in [0, 0.1) is 6.92 Å². The van der Waals surface area contributed by atoms with Crippen LogP contribution in [-0.2, 0) is 10.2 Å². The first-order chi connectivity index (χ1) is 6.98. The van der Waals surface area contributed by atoms with Crippen molar-refractivity contribution >= 4 is 0 Å². The van der Waals surface area contributed by atoms with Gasteiger partial charge < -0.3 is 4.74 Å². The molecular formula is C12H20N2O. The molecule has 0 amide bonds. The van der Waals surface area contributed by atoms with Gasteiger partial charge in [0.05, 0.1) is 18.3 Å². The van der Waals surface area contributed by atoms with Crippen LogP contribution < -0.4 is 0 Å². The molecule has 1 fully saturated rings. The molecule has 0 aliphatic carbocycles. The molecule has 2 rings (SSSR count). The Hall–Kier alpha value is -0.830. The molecule has 0 bridgehead atoms. The summed E-state index contributed by atoms with van der Waals surface area (Å²) in [6.07, 6.45) is 1.09. The predicted molar refractivity (Wildman–Crippen MR) is 60.1 cm³/mol. The Bertz CT molecular complexity index is 343. The van der Waals surface area contributed by atoms with Crippen LogP contribution in [0.5, 0.6) is 0 Å². The van der Waals surface area contributed by atoms with Crippen LogP contribution >= 0.6 is 0 Å². The molecule has 0 N–H and O–H groups in total. The van der Waals surface area contributed by atoms with Crippen LogP contribution in [0.25, 0.3) is 0 Å². The van der Waals surface area contributed by atoms with Crippen molar-refractivity contribution in [3.8, 4) is 0 Å². The minimum atomic E-state index is 0.134. The predicted octanol–water partition coefficient (Wildman–Crippen LogP) is 2.45. The Balaban J connectivity index is 2.29. The van der Waals surface area contributed by atoms with Gasteiger partial charge in [-0.15, -0.1) is 0 Å². The highest BCUT2D eigenvalue weighted by atomic mass is 16.5. The van der Waals surface area contributed by atoms with E-state index in [0.29, 0.717) is 6.04 Å². The highest BCUT2D eigenvalue weighted by Crippen LogP contribution is 2.25. The van der Waals surface area contributed by atoms with Crippen molar-refractivity contribution in [1.29, 1.82) is 0 Å². The zero-order chi connectivity index (χ0) is 11.1. The van der Waals surface area contributed by atoms with E-state index in [9.17, 15) is 0 Å². The molecule has 1 atom stereocenters. The second kappa shape index (κ2) is 3.63. The summed E-state index contributed by atoms with van der Waals surface area (Å²) in [5.41, 5.74) is 2.55. The minimum Gasteiger partial charge on any atom is -0.379 e. The topological polar surface area (TPSA) is 27.1 Å². The molecule has 0 radical (unpaired) electrons. The standard InChI is InChI=1S/C12H20N2O/c1-9-7-11(12(2,3)4)13-14(9)10-5-6-15-8-10/h7,10H,5-6,8H2,1-4H3.